The molecule has 1 amide bonds. The number of carbonyl (C=O) groups excluding carboxylic acids is 1. The maximum absolute atomic E-state index is 13.7. The normalized spacial score (nSPS) is 18.4. The quantitative estimate of drug-likeness (QED) is 0.419. The molecule has 17 heteroatoms. The molecule has 2 N–H and O–H groups in total. The maximum Gasteiger partial charge on any atom is 0.446 e. The third-order valence-corrected chi connectivity index (χ3v) is 8.44. The van der Waals surface area contributed by atoms with Crippen LogP contribution < -0.4 is 10.9 Å². The number of benzene rings is 1. The fraction of sp³-hybridized carbons (Fsp3) is 0.476. The van der Waals surface area contributed by atoms with Gasteiger partial charge < -0.3 is 4.74 Å². The largest absolute Gasteiger partial charge is 0.446 e. The van der Waals surface area contributed by atoms with Gasteiger partial charge in [-0.2, -0.15) is 12.7 Å². The van der Waals surface area contributed by atoms with E-state index in [2.05, 4.69) is 31.4 Å². The lowest BCUT2D eigenvalue weighted by Crippen LogP contribution is -2.51. The molecule has 1 fully saturated rings. The van der Waals surface area contributed by atoms with Crippen molar-refractivity contribution in [1.82, 2.24) is 24.3 Å². The van der Waals surface area contributed by atoms with Gasteiger partial charge in [-0.15, -0.1) is 0 Å². The number of thioether (sulfide) groups is 1. The van der Waals surface area contributed by atoms with E-state index in [1.807, 2.05) is 0 Å². The minimum absolute atomic E-state index is 0.0104. The number of rotatable bonds is 6. The first-order valence-electron chi connectivity index (χ1n) is 11.3. The average molecular weight is 635 g/mol. The first-order valence-corrected chi connectivity index (χ1v) is 14.5. The number of nitrogens with two attached hydrogens (primary N) is 1. The zero-order chi connectivity index (χ0) is 27.8. The molecular weight excluding hydrogens is 611 g/mol. The zero-order valence-corrected chi connectivity index (χ0v) is 23.7. The third kappa shape index (κ3) is 6.27. The van der Waals surface area contributed by atoms with E-state index in [1.165, 1.54) is 30.0 Å². The van der Waals surface area contributed by atoms with Gasteiger partial charge in [0, 0.05) is 5.25 Å². The van der Waals surface area contributed by atoms with Crippen molar-refractivity contribution in [1.29, 1.82) is 0 Å². The summed E-state index contributed by atoms with van der Waals surface area (Å²) in [4.78, 5) is 25.0. The van der Waals surface area contributed by atoms with Crippen molar-refractivity contribution in [2.75, 3.05) is 0 Å². The average Bonchev–Trinajstić information content (AvgIpc) is 3.41. The van der Waals surface area contributed by atoms with Gasteiger partial charge in [0.25, 0.3) is 0 Å². The molecule has 2 heterocycles. The molecule has 0 atom stereocenters. The first kappa shape index (κ1) is 28.3. The van der Waals surface area contributed by atoms with Crippen LogP contribution in [0.15, 0.2) is 41.6 Å². The Bertz CT molecular complexity index is 1490. The predicted molar refractivity (Wildman–Crippen MR) is 136 cm³/mol. The van der Waals surface area contributed by atoms with Gasteiger partial charge in [-0.3, -0.25) is 4.52 Å². The van der Waals surface area contributed by atoms with E-state index in [-0.39, 0.29) is 26.9 Å². The van der Waals surface area contributed by atoms with Gasteiger partial charge in [0.2, 0.25) is 5.82 Å². The molecule has 3 aromatic rings. The van der Waals surface area contributed by atoms with Crippen LogP contribution in [-0.4, -0.2) is 55.7 Å². The molecule has 4 rings (SSSR count). The molecule has 2 aromatic heterocycles. The molecule has 1 aliphatic rings. The standard InChI is InChI=1S/C21H24BrFN6O7S2/c1-21(2,3)34-20(31)29(38(24,32)33)11-4-7-13(8-5-11)37-18-16(25-36-27-18)17-26-35-19(30)28(17)12-6-9-15(23)14(22)10-12/h6,9-11,13H,4-5,7-8H2,1-3H3,(H2,24,32,33). The molecule has 1 saturated carbocycles. The highest BCUT2D eigenvalue weighted by atomic mass is 79.9. The van der Waals surface area contributed by atoms with Crippen LogP contribution in [0, 0.1) is 5.82 Å². The van der Waals surface area contributed by atoms with Crippen molar-refractivity contribution in [3.05, 3.63) is 39.0 Å². The molecule has 206 valence electrons. The second kappa shape index (κ2) is 10.8. The summed E-state index contributed by atoms with van der Waals surface area (Å²) in [5.74, 6) is -1.32. The molecule has 0 spiro atoms. The Kier molecular flexibility index (Phi) is 8.02. The minimum Gasteiger partial charge on any atom is -0.443 e. The first-order chi connectivity index (χ1) is 17.7. The Morgan fingerprint density at radius 1 is 1.24 bits per heavy atom. The molecule has 38 heavy (non-hydrogen) atoms. The number of halogens is 2. The summed E-state index contributed by atoms with van der Waals surface area (Å²) in [5, 5.41) is 17.2. The van der Waals surface area contributed by atoms with Crippen LogP contribution in [0.2, 0.25) is 0 Å². The lowest BCUT2D eigenvalue weighted by molar-refractivity contribution is 0.0315. The highest BCUT2D eigenvalue weighted by Crippen LogP contribution is 2.38. The van der Waals surface area contributed by atoms with E-state index in [4.69, 9.17) is 19.0 Å². The number of ether oxygens (including phenoxy) is 1. The Morgan fingerprint density at radius 2 is 1.92 bits per heavy atom. The van der Waals surface area contributed by atoms with E-state index in [0.717, 1.165) is 4.57 Å². The van der Waals surface area contributed by atoms with Crippen LogP contribution >= 0.6 is 27.7 Å². The summed E-state index contributed by atoms with van der Waals surface area (Å²) >= 11 is 4.39. The molecule has 13 nitrogen and oxygen atoms in total. The third-order valence-electron chi connectivity index (χ3n) is 5.54. The highest BCUT2D eigenvalue weighted by molar-refractivity contribution is 9.10. The van der Waals surface area contributed by atoms with Gasteiger partial charge in [-0.25, -0.2) is 28.3 Å². The van der Waals surface area contributed by atoms with Crippen molar-refractivity contribution in [3.8, 4) is 17.2 Å². The smallest absolute Gasteiger partial charge is 0.443 e. The lowest BCUT2D eigenvalue weighted by atomic mass is 9.95. The van der Waals surface area contributed by atoms with E-state index in [1.54, 1.807) is 20.8 Å². The van der Waals surface area contributed by atoms with Crippen LogP contribution in [0.3, 0.4) is 0 Å². The fourth-order valence-corrected chi connectivity index (χ4v) is 6.35. The molecule has 1 aliphatic carbocycles. The van der Waals surface area contributed by atoms with Crippen molar-refractivity contribution in [2.24, 2.45) is 5.14 Å². The van der Waals surface area contributed by atoms with Gasteiger partial charge in [0.1, 0.15) is 11.4 Å². The summed E-state index contributed by atoms with van der Waals surface area (Å²) in [5.41, 5.74) is -0.470. The van der Waals surface area contributed by atoms with E-state index in [9.17, 15) is 22.4 Å². The van der Waals surface area contributed by atoms with Gasteiger partial charge in [0.15, 0.2) is 10.7 Å². The number of amides is 1. The Morgan fingerprint density at radius 3 is 2.53 bits per heavy atom. The topological polar surface area (TPSA) is 177 Å². The summed E-state index contributed by atoms with van der Waals surface area (Å²) in [6, 6.07) is 3.29. The summed E-state index contributed by atoms with van der Waals surface area (Å²) in [7, 11) is -4.34. The Hall–Kier alpha value is -2.76. The molecular formula is C21H24BrFN6O7S2. The number of hydrogen-bond donors (Lipinski definition) is 1. The summed E-state index contributed by atoms with van der Waals surface area (Å²) in [6.07, 6.45) is 0.675. The predicted octanol–water partition coefficient (Wildman–Crippen LogP) is 3.62. The number of carbonyl (C=O) groups is 1. The van der Waals surface area contributed by atoms with Crippen molar-refractivity contribution in [3.63, 3.8) is 0 Å². The summed E-state index contributed by atoms with van der Waals surface area (Å²) < 4.78 is 54.9. The molecule has 0 bridgehead atoms. The van der Waals surface area contributed by atoms with Crippen LogP contribution in [-0.2, 0) is 14.9 Å². The van der Waals surface area contributed by atoms with Crippen molar-refractivity contribution < 1.29 is 31.5 Å². The van der Waals surface area contributed by atoms with Gasteiger partial charge in [-0.1, -0.05) is 16.9 Å². The fourth-order valence-electron chi connectivity index (χ4n) is 3.97. The van der Waals surface area contributed by atoms with Gasteiger partial charge in [0.05, 0.1) is 16.2 Å². The van der Waals surface area contributed by atoms with E-state index < -0.39 is 39.5 Å². The molecule has 0 radical (unpaired) electrons. The van der Waals surface area contributed by atoms with Gasteiger partial charge in [-0.05, 0) is 90.9 Å². The zero-order valence-electron chi connectivity index (χ0n) is 20.5. The molecule has 0 aliphatic heterocycles. The Balaban J connectivity index is 1.51. The van der Waals surface area contributed by atoms with Crippen LogP contribution in [0.5, 0.6) is 0 Å². The second-order valence-electron chi connectivity index (χ2n) is 9.49. The van der Waals surface area contributed by atoms with Crippen molar-refractivity contribution in [2.45, 2.75) is 68.4 Å². The van der Waals surface area contributed by atoms with Crippen LogP contribution in [0.4, 0.5) is 9.18 Å². The minimum atomic E-state index is -4.34. The maximum atomic E-state index is 13.7. The monoisotopic (exact) mass is 634 g/mol. The SMILES string of the molecule is CC(C)(C)OC(=O)N(C1CCC(Sc2nonc2-c2noc(=O)n2-c2ccc(F)c(Br)c2)CC1)S(N)(=O)=O. The number of aromatic nitrogens is 4. The molecule has 1 aromatic carbocycles. The van der Waals surface area contributed by atoms with E-state index >= 15 is 0 Å². The number of nitrogens with zero attached hydrogens (tertiary/aromatic N) is 5. The van der Waals surface area contributed by atoms with E-state index in [0.29, 0.717) is 35.0 Å². The second-order valence-corrected chi connectivity index (χ2v) is 13.1. The highest BCUT2D eigenvalue weighted by Gasteiger charge is 2.38. The van der Waals surface area contributed by atoms with Crippen molar-refractivity contribution >= 4 is 44.0 Å². The Labute approximate surface area is 229 Å². The summed E-state index contributed by atoms with van der Waals surface area (Å²) in [6.45, 7) is 4.89. The van der Waals surface area contributed by atoms with Crippen LogP contribution in [0.1, 0.15) is 46.5 Å². The van der Waals surface area contributed by atoms with Gasteiger partial charge >= 0.3 is 22.1 Å². The lowest BCUT2D eigenvalue weighted by Gasteiger charge is -2.35. The molecule has 0 unspecified atom stereocenters. The van der Waals surface area contributed by atoms with Crippen LogP contribution in [0.25, 0.3) is 17.2 Å². The number of hydrogen-bond acceptors (Lipinski definition) is 11. The molecule has 0 saturated heterocycles.